The fourth-order valence-corrected chi connectivity index (χ4v) is 2.79. The highest BCUT2D eigenvalue weighted by Gasteiger charge is 2.33. The lowest BCUT2D eigenvalue weighted by Gasteiger charge is -2.25. The number of aryl methyl sites for hydroxylation is 1. The van der Waals surface area contributed by atoms with Gasteiger partial charge in [-0.2, -0.15) is 0 Å². The second kappa shape index (κ2) is 6.67. The predicted molar refractivity (Wildman–Crippen MR) is 84.1 cm³/mol. The topological polar surface area (TPSA) is 41.9 Å². The SMILES string of the molecule is COc1cc(C)ccc1OCCN1CC[C@@H](C(C)(C)O)C1. The fraction of sp³-hybridized carbons (Fsp3) is 0.647. The van der Waals surface area contributed by atoms with Gasteiger partial charge in [-0.05, 0) is 51.4 Å². The van der Waals surface area contributed by atoms with E-state index < -0.39 is 5.60 Å². The number of hydrogen-bond donors (Lipinski definition) is 1. The smallest absolute Gasteiger partial charge is 0.161 e. The van der Waals surface area contributed by atoms with E-state index in [4.69, 9.17) is 9.47 Å². The molecule has 4 heteroatoms. The third-order valence-electron chi connectivity index (χ3n) is 4.26. The van der Waals surface area contributed by atoms with Crippen molar-refractivity contribution in [3.8, 4) is 11.5 Å². The van der Waals surface area contributed by atoms with Crippen LogP contribution in [0.2, 0.25) is 0 Å². The van der Waals surface area contributed by atoms with Gasteiger partial charge in [-0.1, -0.05) is 6.07 Å². The molecule has 1 heterocycles. The van der Waals surface area contributed by atoms with E-state index in [2.05, 4.69) is 4.90 Å². The molecule has 0 unspecified atom stereocenters. The van der Waals surface area contributed by atoms with E-state index in [0.29, 0.717) is 12.5 Å². The van der Waals surface area contributed by atoms with Crippen LogP contribution in [0.5, 0.6) is 11.5 Å². The van der Waals surface area contributed by atoms with E-state index in [1.165, 1.54) is 0 Å². The minimum atomic E-state index is -0.588. The molecular formula is C17H27NO3. The number of rotatable bonds is 6. The van der Waals surface area contributed by atoms with Gasteiger partial charge in [-0.25, -0.2) is 0 Å². The molecule has 1 atom stereocenters. The van der Waals surface area contributed by atoms with Crippen molar-refractivity contribution in [3.63, 3.8) is 0 Å². The van der Waals surface area contributed by atoms with Crippen LogP contribution in [-0.2, 0) is 0 Å². The maximum absolute atomic E-state index is 10.1. The van der Waals surface area contributed by atoms with E-state index in [0.717, 1.165) is 43.1 Å². The summed E-state index contributed by atoms with van der Waals surface area (Å²) in [5.41, 5.74) is 0.572. The molecule has 1 aliphatic heterocycles. The Morgan fingerprint density at radius 2 is 2.10 bits per heavy atom. The average molecular weight is 293 g/mol. The van der Waals surface area contributed by atoms with E-state index in [1.807, 2.05) is 39.0 Å². The van der Waals surface area contributed by atoms with Gasteiger partial charge in [0.2, 0.25) is 0 Å². The van der Waals surface area contributed by atoms with Crippen LogP contribution >= 0.6 is 0 Å². The second-order valence-electron chi connectivity index (χ2n) is 6.44. The first-order chi connectivity index (χ1) is 9.90. The predicted octanol–water partition coefficient (Wildman–Crippen LogP) is 2.48. The van der Waals surface area contributed by atoms with Crippen molar-refractivity contribution in [2.24, 2.45) is 5.92 Å². The summed E-state index contributed by atoms with van der Waals surface area (Å²) in [6.45, 7) is 9.32. The van der Waals surface area contributed by atoms with Gasteiger partial charge in [0.1, 0.15) is 6.61 Å². The standard InChI is InChI=1S/C17H27NO3/c1-13-5-6-15(16(11-13)20-4)21-10-9-18-8-7-14(12-18)17(2,3)19/h5-6,11,14,19H,7-10,12H2,1-4H3/t14-/m1/s1. The minimum absolute atomic E-state index is 0.353. The molecule has 1 fully saturated rings. The zero-order chi connectivity index (χ0) is 15.5. The van der Waals surface area contributed by atoms with Crippen LogP contribution in [0.15, 0.2) is 18.2 Å². The van der Waals surface area contributed by atoms with E-state index in [1.54, 1.807) is 7.11 Å². The van der Waals surface area contributed by atoms with Gasteiger partial charge in [0, 0.05) is 19.0 Å². The van der Waals surface area contributed by atoms with Gasteiger partial charge in [0.15, 0.2) is 11.5 Å². The third-order valence-corrected chi connectivity index (χ3v) is 4.26. The van der Waals surface area contributed by atoms with Crippen molar-refractivity contribution in [2.75, 3.05) is 33.4 Å². The number of hydrogen-bond acceptors (Lipinski definition) is 4. The van der Waals surface area contributed by atoms with Crippen LogP contribution in [0.4, 0.5) is 0 Å². The first-order valence-electron chi connectivity index (χ1n) is 7.62. The Hall–Kier alpha value is -1.26. The second-order valence-corrected chi connectivity index (χ2v) is 6.44. The molecule has 4 nitrogen and oxygen atoms in total. The maximum Gasteiger partial charge on any atom is 0.161 e. The van der Waals surface area contributed by atoms with Crippen molar-refractivity contribution < 1.29 is 14.6 Å². The first kappa shape index (κ1) is 16.1. The average Bonchev–Trinajstić information content (AvgIpc) is 2.89. The van der Waals surface area contributed by atoms with Gasteiger partial charge < -0.3 is 14.6 Å². The Balaban J connectivity index is 1.80. The molecule has 21 heavy (non-hydrogen) atoms. The Morgan fingerprint density at radius 1 is 1.33 bits per heavy atom. The van der Waals surface area contributed by atoms with Crippen molar-refractivity contribution >= 4 is 0 Å². The Labute approximate surface area is 127 Å². The van der Waals surface area contributed by atoms with Crippen LogP contribution in [0.3, 0.4) is 0 Å². The van der Waals surface area contributed by atoms with E-state index in [-0.39, 0.29) is 0 Å². The molecule has 118 valence electrons. The molecule has 1 aromatic rings. The summed E-state index contributed by atoms with van der Waals surface area (Å²) in [6, 6.07) is 5.96. The molecule has 2 rings (SSSR count). The van der Waals surface area contributed by atoms with Gasteiger partial charge in [0.25, 0.3) is 0 Å². The van der Waals surface area contributed by atoms with Crippen LogP contribution in [0.1, 0.15) is 25.8 Å². The number of methoxy groups -OCH3 is 1. The number of aliphatic hydroxyl groups is 1. The van der Waals surface area contributed by atoms with Crippen LogP contribution in [0, 0.1) is 12.8 Å². The molecule has 0 saturated carbocycles. The van der Waals surface area contributed by atoms with Crippen molar-refractivity contribution in [2.45, 2.75) is 32.8 Å². The number of ether oxygens (including phenoxy) is 2. The number of likely N-dealkylation sites (tertiary alicyclic amines) is 1. The quantitative estimate of drug-likeness (QED) is 0.875. The summed E-state index contributed by atoms with van der Waals surface area (Å²) < 4.78 is 11.2. The van der Waals surface area contributed by atoms with Crippen molar-refractivity contribution in [1.82, 2.24) is 4.90 Å². The zero-order valence-electron chi connectivity index (χ0n) is 13.6. The van der Waals surface area contributed by atoms with Gasteiger partial charge in [0.05, 0.1) is 12.7 Å². The third kappa shape index (κ3) is 4.35. The van der Waals surface area contributed by atoms with Crippen molar-refractivity contribution in [1.29, 1.82) is 0 Å². The van der Waals surface area contributed by atoms with Crippen molar-refractivity contribution in [3.05, 3.63) is 23.8 Å². The summed E-state index contributed by atoms with van der Waals surface area (Å²) in [5, 5.41) is 10.1. The molecule has 0 bridgehead atoms. The zero-order valence-corrected chi connectivity index (χ0v) is 13.6. The Kier molecular flexibility index (Phi) is 5.12. The highest BCUT2D eigenvalue weighted by atomic mass is 16.5. The largest absolute Gasteiger partial charge is 0.493 e. The van der Waals surface area contributed by atoms with E-state index in [9.17, 15) is 5.11 Å². The molecule has 0 aliphatic carbocycles. The van der Waals surface area contributed by atoms with Gasteiger partial charge in [-0.3, -0.25) is 4.90 Å². The lowest BCUT2D eigenvalue weighted by Crippen LogP contribution is -2.34. The lowest BCUT2D eigenvalue weighted by atomic mass is 9.90. The van der Waals surface area contributed by atoms with Gasteiger partial charge >= 0.3 is 0 Å². The highest BCUT2D eigenvalue weighted by molar-refractivity contribution is 5.42. The molecule has 1 N–H and O–H groups in total. The molecule has 0 spiro atoms. The lowest BCUT2D eigenvalue weighted by molar-refractivity contribution is 0.0206. The molecule has 1 aliphatic rings. The van der Waals surface area contributed by atoms with Crippen LogP contribution < -0.4 is 9.47 Å². The number of benzene rings is 1. The first-order valence-corrected chi connectivity index (χ1v) is 7.62. The summed E-state index contributed by atoms with van der Waals surface area (Å²) in [5.74, 6) is 1.93. The monoisotopic (exact) mass is 293 g/mol. The molecule has 0 aromatic heterocycles. The maximum atomic E-state index is 10.1. The highest BCUT2D eigenvalue weighted by Crippen LogP contribution is 2.29. The molecular weight excluding hydrogens is 266 g/mol. The summed E-state index contributed by atoms with van der Waals surface area (Å²) >= 11 is 0. The summed E-state index contributed by atoms with van der Waals surface area (Å²) in [4.78, 5) is 2.35. The number of nitrogens with zero attached hydrogens (tertiary/aromatic N) is 1. The molecule has 0 radical (unpaired) electrons. The van der Waals surface area contributed by atoms with E-state index >= 15 is 0 Å². The summed E-state index contributed by atoms with van der Waals surface area (Å²) in [6.07, 6.45) is 1.05. The van der Waals surface area contributed by atoms with Gasteiger partial charge in [-0.15, -0.1) is 0 Å². The molecule has 0 amide bonds. The van der Waals surface area contributed by atoms with Crippen LogP contribution in [0.25, 0.3) is 0 Å². The molecule has 1 aromatic carbocycles. The Morgan fingerprint density at radius 3 is 2.71 bits per heavy atom. The molecule has 1 saturated heterocycles. The normalized spacial score (nSPS) is 19.8. The Bertz CT molecular complexity index is 468. The fourth-order valence-electron chi connectivity index (χ4n) is 2.79. The minimum Gasteiger partial charge on any atom is -0.493 e. The van der Waals surface area contributed by atoms with Crippen LogP contribution in [-0.4, -0.2) is 49.0 Å². The summed E-state index contributed by atoms with van der Waals surface area (Å²) in [7, 11) is 1.66.